The maximum atomic E-state index is 11.0. The number of aromatic nitrogens is 1. The van der Waals surface area contributed by atoms with Crippen LogP contribution in [0, 0.1) is 0 Å². The summed E-state index contributed by atoms with van der Waals surface area (Å²) in [7, 11) is 0. The SMILES string of the molecule is CC(C(=O)O)c1ccnc2c1CCCC2. The standard InChI is InChI=1S/C12H15NO2/c1-8(12(14)15)9-6-7-13-11-5-3-2-4-10(9)11/h6-8H,2-5H2,1H3,(H,14,15). The number of carboxylic acid groups (broad SMARTS) is 1. The molecule has 1 heterocycles. The van der Waals surface area contributed by atoms with E-state index in [1.165, 1.54) is 12.0 Å². The van der Waals surface area contributed by atoms with Gasteiger partial charge in [-0.2, -0.15) is 0 Å². The van der Waals surface area contributed by atoms with Gasteiger partial charge < -0.3 is 5.11 Å². The fourth-order valence-electron chi connectivity index (χ4n) is 2.19. The number of hydrogen-bond acceptors (Lipinski definition) is 2. The van der Waals surface area contributed by atoms with Crippen molar-refractivity contribution >= 4 is 5.97 Å². The molecular weight excluding hydrogens is 190 g/mol. The maximum absolute atomic E-state index is 11.0. The second-order valence-corrected chi connectivity index (χ2v) is 4.09. The van der Waals surface area contributed by atoms with Crippen molar-refractivity contribution in [2.24, 2.45) is 0 Å². The fourth-order valence-corrected chi connectivity index (χ4v) is 2.19. The summed E-state index contributed by atoms with van der Waals surface area (Å²) in [5.41, 5.74) is 3.23. The van der Waals surface area contributed by atoms with Crippen LogP contribution in [-0.2, 0) is 17.6 Å². The van der Waals surface area contributed by atoms with Gasteiger partial charge in [0.15, 0.2) is 0 Å². The highest BCUT2D eigenvalue weighted by atomic mass is 16.4. The van der Waals surface area contributed by atoms with E-state index in [4.69, 9.17) is 5.11 Å². The molecule has 1 aromatic heterocycles. The molecule has 0 bridgehead atoms. The predicted molar refractivity (Wildman–Crippen MR) is 56.9 cm³/mol. The third-order valence-electron chi connectivity index (χ3n) is 3.11. The Morgan fingerprint density at radius 2 is 2.20 bits per heavy atom. The molecule has 1 unspecified atom stereocenters. The minimum absolute atomic E-state index is 0.417. The van der Waals surface area contributed by atoms with Crippen molar-refractivity contribution in [3.63, 3.8) is 0 Å². The summed E-state index contributed by atoms with van der Waals surface area (Å²) in [6.07, 6.45) is 6.04. The van der Waals surface area contributed by atoms with Gasteiger partial charge in [0.25, 0.3) is 0 Å². The second-order valence-electron chi connectivity index (χ2n) is 4.09. The van der Waals surface area contributed by atoms with E-state index >= 15 is 0 Å². The molecule has 0 radical (unpaired) electrons. The Morgan fingerprint density at radius 3 is 2.93 bits per heavy atom. The Labute approximate surface area is 89.2 Å². The van der Waals surface area contributed by atoms with Crippen LogP contribution in [0.1, 0.15) is 42.5 Å². The molecule has 0 amide bonds. The van der Waals surface area contributed by atoms with Gasteiger partial charge in [-0.25, -0.2) is 0 Å². The summed E-state index contributed by atoms with van der Waals surface area (Å²) in [6.45, 7) is 1.74. The van der Waals surface area contributed by atoms with E-state index in [9.17, 15) is 4.79 Å². The molecule has 0 fully saturated rings. The van der Waals surface area contributed by atoms with E-state index in [2.05, 4.69) is 4.98 Å². The first kappa shape index (κ1) is 10.1. The Morgan fingerprint density at radius 1 is 1.47 bits per heavy atom. The van der Waals surface area contributed by atoms with Crippen molar-refractivity contribution < 1.29 is 9.90 Å². The predicted octanol–water partition coefficient (Wildman–Crippen LogP) is 2.15. The van der Waals surface area contributed by atoms with Gasteiger partial charge in [-0.15, -0.1) is 0 Å². The van der Waals surface area contributed by atoms with Crippen molar-refractivity contribution in [2.45, 2.75) is 38.5 Å². The third kappa shape index (κ3) is 1.87. The minimum atomic E-state index is -0.756. The molecule has 1 aromatic rings. The highest BCUT2D eigenvalue weighted by Crippen LogP contribution is 2.27. The van der Waals surface area contributed by atoms with E-state index in [1.807, 2.05) is 6.07 Å². The number of pyridine rings is 1. The lowest BCUT2D eigenvalue weighted by Gasteiger charge is -2.20. The van der Waals surface area contributed by atoms with E-state index in [-0.39, 0.29) is 0 Å². The molecule has 0 spiro atoms. The van der Waals surface area contributed by atoms with Gasteiger partial charge in [0.2, 0.25) is 0 Å². The Hall–Kier alpha value is -1.38. The molecule has 3 heteroatoms. The molecule has 0 saturated carbocycles. The molecule has 1 atom stereocenters. The molecule has 0 saturated heterocycles. The highest BCUT2D eigenvalue weighted by Gasteiger charge is 2.21. The van der Waals surface area contributed by atoms with E-state index < -0.39 is 11.9 Å². The zero-order valence-corrected chi connectivity index (χ0v) is 8.86. The zero-order valence-electron chi connectivity index (χ0n) is 8.86. The van der Waals surface area contributed by atoms with Crippen LogP contribution in [0.15, 0.2) is 12.3 Å². The normalized spacial score (nSPS) is 16.9. The fraction of sp³-hybridized carbons (Fsp3) is 0.500. The summed E-state index contributed by atoms with van der Waals surface area (Å²) in [5, 5.41) is 9.02. The molecule has 0 aliphatic heterocycles. The van der Waals surface area contributed by atoms with Crippen molar-refractivity contribution in [3.05, 3.63) is 29.1 Å². The quantitative estimate of drug-likeness (QED) is 0.804. The molecular formula is C12H15NO2. The summed E-state index contributed by atoms with van der Waals surface area (Å²) in [5.74, 6) is -1.17. The van der Waals surface area contributed by atoms with Crippen LogP contribution in [0.3, 0.4) is 0 Å². The van der Waals surface area contributed by atoms with Crippen LogP contribution in [0.2, 0.25) is 0 Å². The monoisotopic (exact) mass is 205 g/mol. The summed E-state index contributed by atoms with van der Waals surface area (Å²) < 4.78 is 0. The number of aryl methyl sites for hydroxylation is 1. The lowest BCUT2D eigenvalue weighted by molar-refractivity contribution is -0.138. The van der Waals surface area contributed by atoms with E-state index in [0.29, 0.717) is 0 Å². The number of aliphatic carboxylic acids is 1. The van der Waals surface area contributed by atoms with Gasteiger partial charge in [-0.1, -0.05) is 0 Å². The number of carboxylic acids is 1. The Bertz CT molecular complexity index is 387. The van der Waals surface area contributed by atoms with Gasteiger partial charge in [0.05, 0.1) is 5.92 Å². The number of carbonyl (C=O) groups is 1. The average molecular weight is 205 g/mol. The molecule has 2 rings (SSSR count). The smallest absolute Gasteiger partial charge is 0.310 e. The minimum Gasteiger partial charge on any atom is -0.481 e. The molecule has 0 aromatic carbocycles. The second kappa shape index (κ2) is 4.01. The van der Waals surface area contributed by atoms with Gasteiger partial charge in [0, 0.05) is 11.9 Å². The lowest BCUT2D eigenvalue weighted by atomic mass is 9.87. The number of fused-ring (bicyclic) bond motifs is 1. The lowest BCUT2D eigenvalue weighted by Crippen LogP contribution is -2.14. The van der Waals surface area contributed by atoms with Crippen molar-refractivity contribution in [2.75, 3.05) is 0 Å². The van der Waals surface area contributed by atoms with Crippen LogP contribution in [0.25, 0.3) is 0 Å². The number of nitrogens with zero attached hydrogens (tertiary/aromatic N) is 1. The highest BCUT2D eigenvalue weighted by molar-refractivity contribution is 5.76. The summed E-state index contributed by atoms with van der Waals surface area (Å²) in [6, 6.07) is 1.85. The number of hydrogen-bond donors (Lipinski definition) is 1. The van der Waals surface area contributed by atoms with E-state index in [1.54, 1.807) is 13.1 Å². The van der Waals surface area contributed by atoms with Crippen LogP contribution >= 0.6 is 0 Å². The van der Waals surface area contributed by atoms with Gasteiger partial charge in [-0.3, -0.25) is 9.78 Å². The molecule has 1 aliphatic carbocycles. The van der Waals surface area contributed by atoms with Gasteiger partial charge >= 0.3 is 5.97 Å². The first-order valence-corrected chi connectivity index (χ1v) is 5.39. The largest absolute Gasteiger partial charge is 0.481 e. The molecule has 80 valence electrons. The molecule has 3 nitrogen and oxygen atoms in total. The van der Waals surface area contributed by atoms with Crippen LogP contribution in [0.4, 0.5) is 0 Å². The van der Waals surface area contributed by atoms with Crippen molar-refractivity contribution in [1.29, 1.82) is 0 Å². The topological polar surface area (TPSA) is 50.2 Å². The van der Waals surface area contributed by atoms with E-state index in [0.717, 1.165) is 30.5 Å². The Balaban J connectivity index is 2.43. The van der Waals surface area contributed by atoms with Gasteiger partial charge in [-0.05, 0) is 49.8 Å². The molecule has 1 N–H and O–H groups in total. The van der Waals surface area contributed by atoms with Crippen LogP contribution in [0.5, 0.6) is 0 Å². The first-order valence-electron chi connectivity index (χ1n) is 5.39. The average Bonchev–Trinajstić information content (AvgIpc) is 2.27. The van der Waals surface area contributed by atoms with Crippen LogP contribution in [-0.4, -0.2) is 16.1 Å². The summed E-state index contributed by atoms with van der Waals surface area (Å²) >= 11 is 0. The van der Waals surface area contributed by atoms with Gasteiger partial charge in [0.1, 0.15) is 0 Å². The summed E-state index contributed by atoms with van der Waals surface area (Å²) in [4.78, 5) is 15.3. The third-order valence-corrected chi connectivity index (χ3v) is 3.11. The first-order chi connectivity index (χ1) is 7.20. The van der Waals surface area contributed by atoms with Crippen LogP contribution < -0.4 is 0 Å². The number of rotatable bonds is 2. The van der Waals surface area contributed by atoms with Crippen molar-refractivity contribution in [1.82, 2.24) is 4.98 Å². The molecule has 1 aliphatic rings. The maximum Gasteiger partial charge on any atom is 0.310 e. The zero-order chi connectivity index (χ0) is 10.8. The Kier molecular flexibility index (Phi) is 2.71. The molecule has 15 heavy (non-hydrogen) atoms. The van der Waals surface area contributed by atoms with Crippen molar-refractivity contribution in [3.8, 4) is 0 Å².